The van der Waals surface area contributed by atoms with E-state index in [0.29, 0.717) is 11.3 Å². The van der Waals surface area contributed by atoms with Crippen molar-refractivity contribution in [2.45, 2.75) is 32.7 Å². The second-order valence-corrected chi connectivity index (χ2v) is 4.31. The van der Waals surface area contributed by atoms with Crippen molar-refractivity contribution in [3.63, 3.8) is 0 Å². The highest BCUT2D eigenvalue weighted by Crippen LogP contribution is 2.56. The topological polar surface area (TPSA) is 35.8 Å². The van der Waals surface area contributed by atoms with E-state index in [9.17, 15) is 0 Å². The third kappa shape index (κ3) is 1.25. The molecule has 2 nitrogen and oxygen atoms in total. The average molecular weight is 152 g/mol. The van der Waals surface area contributed by atoms with Gasteiger partial charge in [-0.3, -0.25) is 0 Å². The van der Waals surface area contributed by atoms with Crippen LogP contribution in [0, 0.1) is 22.7 Å². The van der Waals surface area contributed by atoms with Gasteiger partial charge in [-0.1, -0.05) is 13.8 Å². The van der Waals surface area contributed by atoms with Gasteiger partial charge in [-0.15, -0.1) is 0 Å². The van der Waals surface area contributed by atoms with Gasteiger partial charge < -0.3 is 5.32 Å². The minimum Gasteiger partial charge on any atom is -0.302 e. The highest BCUT2D eigenvalue weighted by atomic mass is 15.0. The Morgan fingerprint density at radius 1 is 1.64 bits per heavy atom. The Hall–Kier alpha value is -0.550. The summed E-state index contributed by atoms with van der Waals surface area (Å²) in [7, 11) is 1.86. The Kier molecular flexibility index (Phi) is 1.72. The van der Waals surface area contributed by atoms with Gasteiger partial charge in [0.15, 0.2) is 0 Å². The van der Waals surface area contributed by atoms with E-state index in [4.69, 9.17) is 5.26 Å². The van der Waals surface area contributed by atoms with E-state index in [0.717, 1.165) is 6.42 Å². The summed E-state index contributed by atoms with van der Waals surface area (Å²) < 4.78 is 0. The molecule has 11 heavy (non-hydrogen) atoms. The van der Waals surface area contributed by atoms with Crippen LogP contribution in [0.5, 0.6) is 0 Å². The van der Waals surface area contributed by atoms with Gasteiger partial charge in [0.1, 0.15) is 5.54 Å². The fourth-order valence-electron chi connectivity index (χ4n) is 1.76. The summed E-state index contributed by atoms with van der Waals surface area (Å²) in [4.78, 5) is 0. The van der Waals surface area contributed by atoms with Crippen molar-refractivity contribution in [2.24, 2.45) is 11.3 Å². The third-order valence-corrected chi connectivity index (χ3v) is 2.96. The lowest BCUT2D eigenvalue weighted by Gasteiger charge is -2.22. The van der Waals surface area contributed by atoms with E-state index in [2.05, 4.69) is 25.2 Å². The molecule has 0 aromatic rings. The fraction of sp³-hybridized carbons (Fsp3) is 0.889. The van der Waals surface area contributed by atoms with E-state index in [1.54, 1.807) is 0 Å². The standard InChI is InChI=1S/C9H16N2/c1-8(2)5-7(8)9(3,6-10)11-4/h7,11H,5H2,1-4H3. The quantitative estimate of drug-likeness (QED) is 0.651. The zero-order valence-electron chi connectivity index (χ0n) is 7.73. The van der Waals surface area contributed by atoms with Crippen LogP contribution in [-0.2, 0) is 0 Å². The maximum absolute atomic E-state index is 8.92. The Balaban J connectivity index is 2.69. The van der Waals surface area contributed by atoms with Crippen molar-refractivity contribution in [1.29, 1.82) is 5.26 Å². The monoisotopic (exact) mass is 152 g/mol. The van der Waals surface area contributed by atoms with Crippen LogP contribution >= 0.6 is 0 Å². The van der Waals surface area contributed by atoms with Gasteiger partial charge in [-0.2, -0.15) is 5.26 Å². The van der Waals surface area contributed by atoms with Gasteiger partial charge in [0.2, 0.25) is 0 Å². The lowest BCUT2D eigenvalue weighted by atomic mass is 9.92. The maximum atomic E-state index is 8.92. The van der Waals surface area contributed by atoms with Gasteiger partial charge in [0.05, 0.1) is 6.07 Å². The summed E-state index contributed by atoms with van der Waals surface area (Å²) in [6, 6.07) is 2.33. The molecule has 0 aliphatic heterocycles. The first-order valence-electron chi connectivity index (χ1n) is 4.06. The first kappa shape index (κ1) is 8.55. The van der Waals surface area contributed by atoms with Crippen molar-refractivity contribution in [2.75, 3.05) is 7.05 Å². The molecule has 2 heteroatoms. The van der Waals surface area contributed by atoms with E-state index >= 15 is 0 Å². The SMILES string of the molecule is CNC(C)(C#N)C1CC1(C)C. The summed E-state index contributed by atoms with van der Waals surface area (Å²) in [5.41, 5.74) is 0.0526. The number of hydrogen-bond acceptors (Lipinski definition) is 2. The fourth-order valence-corrected chi connectivity index (χ4v) is 1.76. The molecule has 62 valence electrons. The zero-order chi connectivity index (χ0) is 8.70. The predicted octanol–water partition coefficient (Wildman–Crippen LogP) is 1.53. The van der Waals surface area contributed by atoms with Crippen molar-refractivity contribution in [3.8, 4) is 6.07 Å². The molecular formula is C9H16N2. The van der Waals surface area contributed by atoms with Crippen molar-refractivity contribution < 1.29 is 0 Å². The zero-order valence-corrected chi connectivity index (χ0v) is 7.73. The van der Waals surface area contributed by atoms with Crippen molar-refractivity contribution in [3.05, 3.63) is 0 Å². The predicted molar refractivity (Wildman–Crippen MR) is 45.0 cm³/mol. The molecule has 1 saturated carbocycles. The second-order valence-electron chi connectivity index (χ2n) is 4.31. The first-order chi connectivity index (χ1) is 4.96. The highest BCUT2D eigenvalue weighted by molar-refractivity contribution is 5.18. The normalized spacial score (nSPS) is 32.1. The van der Waals surface area contributed by atoms with Crippen molar-refractivity contribution in [1.82, 2.24) is 5.32 Å². The molecule has 0 heterocycles. The van der Waals surface area contributed by atoms with E-state index in [-0.39, 0.29) is 5.54 Å². The lowest BCUT2D eigenvalue weighted by Crippen LogP contribution is -2.41. The summed E-state index contributed by atoms with van der Waals surface area (Å²) >= 11 is 0. The molecular weight excluding hydrogens is 136 g/mol. The van der Waals surface area contributed by atoms with Crippen LogP contribution in [0.3, 0.4) is 0 Å². The number of nitrogens with zero attached hydrogens (tertiary/aromatic N) is 1. The molecule has 0 saturated heterocycles. The Labute approximate surface area is 68.6 Å². The molecule has 1 fully saturated rings. The maximum Gasteiger partial charge on any atom is 0.107 e. The van der Waals surface area contributed by atoms with Gasteiger partial charge in [-0.05, 0) is 31.7 Å². The van der Waals surface area contributed by atoms with E-state index in [1.165, 1.54) is 0 Å². The number of nitrogens with one attached hydrogen (secondary N) is 1. The van der Waals surface area contributed by atoms with Crippen LogP contribution in [0.15, 0.2) is 0 Å². The molecule has 1 N–H and O–H groups in total. The molecule has 0 aromatic heterocycles. The van der Waals surface area contributed by atoms with Crippen LogP contribution in [0.4, 0.5) is 0 Å². The van der Waals surface area contributed by atoms with Crippen LogP contribution in [0.2, 0.25) is 0 Å². The van der Waals surface area contributed by atoms with Crippen molar-refractivity contribution >= 4 is 0 Å². The van der Waals surface area contributed by atoms with Crippen LogP contribution in [0.25, 0.3) is 0 Å². The lowest BCUT2D eigenvalue weighted by molar-refractivity contribution is 0.373. The van der Waals surface area contributed by atoms with Gasteiger partial charge in [0.25, 0.3) is 0 Å². The molecule has 1 aliphatic rings. The molecule has 0 radical (unpaired) electrons. The molecule has 2 atom stereocenters. The van der Waals surface area contributed by atoms with E-state index < -0.39 is 0 Å². The van der Waals surface area contributed by atoms with E-state index in [1.807, 2.05) is 14.0 Å². The molecule has 1 rings (SSSR count). The largest absolute Gasteiger partial charge is 0.302 e. The summed E-state index contributed by atoms with van der Waals surface area (Å²) in [6.45, 7) is 6.40. The molecule has 0 spiro atoms. The molecule has 0 aromatic carbocycles. The molecule has 2 unspecified atom stereocenters. The highest BCUT2D eigenvalue weighted by Gasteiger charge is 2.55. The summed E-state index contributed by atoms with van der Waals surface area (Å²) in [5.74, 6) is 0.519. The third-order valence-electron chi connectivity index (χ3n) is 2.96. The second kappa shape index (κ2) is 2.22. The Morgan fingerprint density at radius 3 is 2.18 bits per heavy atom. The minimum atomic E-state index is -0.316. The van der Waals surface area contributed by atoms with Crippen LogP contribution in [-0.4, -0.2) is 12.6 Å². The minimum absolute atomic E-state index is 0.316. The molecule has 0 amide bonds. The Bertz CT molecular complexity index is 202. The van der Waals surface area contributed by atoms with Gasteiger partial charge in [-0.25, -0.2) is 0 Å². The smallest absolute Gasteiger partial charge is 0.107 e. The Morgan fingerprint density at radius 2 is 2.09 bits per heavy atom. The molecule has 1 aliphatic carbocycles. The summed E-state index contributed by atoms with van der Waals surface area (Å²) in [6.07, 6.45) is 1.16. The number of hydrogen-bond donors (Lipinski definition) is 1. The molecule has 0 bridgehead atoms. The van der Waals surface area contributed by atoms with Crippen LogP contribution < -0.4 is 5.32 Å². The number of nitriles is 1. The van der Waals surface area contributed by atoms with Gasteiger partial charge >= 0.3 is 0 Å². The average Bonchev–Trinajstić information content (AvgIpc) is 2.59. The van der Waals surface area contributed by atoms with Gasteiger partial charge in [0, 0.05) is 0 Å². The first-order valence-corrected chi connectivity index (χ1v) is 4.06. The summed E-state index contributed by atoms with van der Waals surface area (Å²) in [5, 5.41) is 12.0. The number of rotatable bonds is 2. The van der Waals surface area contributed by atoms with Crippen LogP contribution in [0.1, 0.15) is 27.2 Å².